The maximum absolute atomic E-state index is 3.78. The standard InChI is InChI=1S/C18H29N/c1-5-6-7-8-12-15-17(19-4)18(2,3)16-13-10-9-11-14-16/h5,9-11,13-14,17,19H,1,6-8,12,15H2,2-4H3. The summed E-state index contributed by atoms with van der Waals surface area (Å²) in [6.07, 6.45) is 8.25. The summed E-state index contributed by atoms with van der Waals surface area (Å²) in [7, 11) is 2.08. The monoisotopic (exact) mass is 259 g/mol. The molecule has 0 heterocycles. The fourth-order valence-electron chi connectivity index (χ4n) is 2.75. The van der Waals surface area contributed by atoms with E-state index < -0.39 is 0 Å². The van der Waals surface area contributed by atoms with Crippen molar-refractivity contribution in [2.75, 3.05) is 7.05 Å². The van der Waals surface area contributed by atoms with Crippen molar-refractivity contribution < 1.29 is 0 Å². The van der Waals surface area contributed by atoms with Gasteiger partial charge in [0.2, 0.25) is 0 Å². The van der Waals surface area contributed by atoms with E-state index in [2.05, 4.69) is 63.1 Å². The average Bonchev–Trinajstić information content (AvgIpc) is 2.43. The quantitative estimate of drug-likeness (QED) is 0.501. The van der Waals surface area contributed by atoms with E-state index >= 15 is 0 Å². The van der Waals surface area contributed by atoms with Crippen LogP contribution in [0.25, 0.3) is 0 Å². The van der Waals surface area contributed by atoms with E-state index in [9.17, 15) is 0 Å². The predicted molar refractivity (Wildman–Crippen MR) is 85.6 cm³/mol. The molecular weight excluding hydrogens is 230 g/mol. The lowest BCUT2D eigenvalue weighted by atomic mass is 9.76. The summed E-state index contributed by atoms with van der Waals surface area (Å²) in [4.78, 5) is 0. The summed E-state index contributed by atoms with van der Waals surface area (Å²) in [6, 6.07) is 11.4. The Morgan fingerprint density at radius 1 is 1.16 bits per heavy atom. The number of hydrogen-bond acceptors (Lipinski definition) is 1. The Morgan fingerprint density at radius 3 is 2.42 bits per heavy atom. The molecule has 0 fully saturated rings. The molecule has 1 nitrogen and oxygen atoms in total. The van der Waals surface area contributed by atoms with Crippen molar-refractivity contribution in [3.05, 3.63) is 48.6 Å². The normalized spacial score (nSPS) is 13.2. The number of likely N-dealkylation sites (N-methyl/N-ethyl adjacent to an activating group) is 1. The number of rotatable bonds is 9. The molecule has 1 aromatic carbocycles. The van der Waals surface area contributed by atoms with Crippen molar-refractivity contribution in [2.24, 2.45) is 0 Å². The second-order valence-electron chi connectivity index (χ2n) is 5.86. The highest BCUT2D eigenvalue weighted by atomic mass is 14.9. The topological polar surface area (TPSA) is 12.0 Å². The fourth-order valence-corrected chi connectivity index (χ4v) is 2.75. The minimum atomic E-state index is 0.175. The number of unbranched alkanes of at least 4 members (excludes halogenated alkanes) is 3. The molecule has 0 saturated heterocycles. The minimum absolute atomic E-state index is 0.175. The molecule has 0 aromatic heterocycles. The molecule has 0 aliphatic heterocycles. The Labute approximate surface area is 119 Å². The average molecular weight is 259 g/mol. The van der Waals surface area contributed by atoms with Gasteiger partial charge < -0.3 is 5.32 Å². The van der Waals surface area contributed by atoms with Gasteiger partial charge in [-0.2, -0.15) is 0 Å². The van der Waals surface area contributed by atoms with Gasteiger partial charge in [-0.05, 0) is 31.9 Å². The summed E-state index contributed by atoms with van der Waals surface area (Å²) < 4.78 is 0. The van der Waals surface area contributed by atoms with Crippen molar-refractivity contribution in [1.82, 2.24) is 5.32 Å². The van der Waals surface area contributed by atoms with Crippen LogP contribution in [0, 0.1) is 0 Å². The van der Waals surface area contributed by atoms with Crippen LogP contribution in [0.3, 0.4) is 0 Å². The summed E-state index contributed by atoms with van der Waals surface area (Å²) in [5, 5.41) is 3.51. The molecule has 0 radical (unpaired) electrons. The molecule has 0 amide bonds. The summed E-state index contributed by atoms with van der Waals surface area (Å²) in [5.74, 6) is 0. The van der Waals surface area contributed by atoms with Crippen molar-refractivity contribution in [1.29, 1.82) is 0 Å². The molecular formula is C18H29N. The Hall–Kier alpha value is -1.08. The van der Waals surface area contributed by atoms with Crippen LogP contribution in [0.4, 0.5) is 0 Å². The van der Waals surface area contributed by atoms with Gasteiger partial charge in [0, 0.05) is 11.5 Å². The Morgan fingerprint density at radius 2 is 1.84 bits per heavy atom. The maximum Gasteiger partial charge on any atom is 0.0156 e. The lowest BCUT2D eigenvalue weighted by Gasteiger charge is -2.35. The van der Waals surface area contributed by atoms with E-state index in [1.165, 1.54) is 31.2 Å². The maximum atomic E-state index is 3.78. The Bertz CT molecular complexity index is 353. The smallest absolute Gasteiger partial charge is 0.0156 e. The molecule has 0 aliphatic carbocycles. The van der Waals surface area contributed by atoms with Gasteiger partial charge in [-0.3, -0.25) is 0 Å². The van der Waals surface area contributed by atoms with E-state index in [1.807, 2.05) is 6.08 Å². The highest BCUT2D eigenvalue weighted by Crippen LogP contribution is 2.29. The van der Waals surface area contributed by atoms with Crippen LogP contribution < -0.4 is 5.32 Å². The van der Waals surface area contributed by atoms with Crippen LogP contribution in [-0.4, -0.2) is 13.1 Å². The Kier molecular flexibility index (Phi) is 6.86. The molecule has 0 bridgehead atoms. The molecule has 0 spiro atoms. The molecule has 106 valence electrons. The lowest BCUT2D eigenvalue weighted by molar-refractivity contribution is 0.330. The Balaban J connectivity index is 2.55. The molecule has 1 N–H and O–H groups in total. The first-order valence-electron chi connectivity index (χ1n) is 7.46. The van der Waals surface area contributed by atoms with Gasteiger partial charge in [0.25, 0.3) is 0 Å². The molecule has 0 saturated carbocycles. The zero-order valence-electron chi connectivity index (χ0n) is 12.8. The summed E-state index contributed by atoms with van der Waals surface area (Å²) in [5.41, 5.74) is 1.59. The van der Waals surface area contributed by atoms with Gasteiger partial charge in [-0.15, -0.1) is 6.58 Å². The second-order valence-corrected chi connectivity index (χ2v) is 5.86. The number of benzene rings is 1. The minimum Gasteiger partial charge on any atom is -0.316 e. The third kappa shape index (κ3) is 4.83. The largest absolute Gasteiger partial charge is 0.316 e. The van der Waals surface area contributed by atoms with Crippen molar-refractivity contribution in [3.8, 4) is 0 Å². The van der Waals surface area contributed by atoms with Gasteiger partial charge in [-0.1, -0.05) is 63.1 Å². The van der Waals surface area contributed by atoms with Crippen LogP contribution in [-0.2, 0) is 5.41 Å². The van der Waals surface area contributed by atoms with Gasteiger partial charge >= 0.3 is 0 Å². The molecule has 0 aliphatic rings. The predicted octanol–water partition coefficient (Wildman–Crippen LogP) is 4.69. The summed E-state index contributed by atoms with van der Waals surface area (Å²) in [6.45, 7) is 8.46. The first-order valence-corrected chi connectivity index (χ1v) is 7.46. The zero-order chi connectivity index (χ0) is 14.1. The fraction of sp³-hybridized carbons (Fsp3) is 0.556. The lowest BCUT2D eigenvalue weighted by Crippen LogP contribution is -2.43. The van der Waals surface area contributed by atoms with Crippen molar-refractivity contribution in [2.45, 2.75) is 57.4 Å². The molecule has 1 aromatic rings. The SMILES string of the molecule is C=CCCCCCC(NC)C(C)(C)c1ccccc1. The van der Waals surface area contributed by atoms with Gasteiger partial charge in [0.15, 0.2) is 0 Å². The molecule has 1 heteroatoms. The van der Waals surface area contributed by atoms with E-state index in [0.717, 1.165) is 6.42 Å². The van der Waals surface area contributed by atoms with Gasteiger partial charge in [-0.25, -0.2) is 0 Å². The van der Waals surface area contributed by atoms with E-state index in [0.29, 0.717) is 6.04 Å². The van der Waals surface area contributed by atoms with Crippen LogP contribution in [0.15, 0.2) is 43.0 Å². The molecule has 1 rings (SSSR count). The third-order valence-electron chi connectivity index (χ3n) is 4.14. The zero-order valence-corrected chi connectivity index (χ0v) is 12.8. The van der Waals surface area contributed by atoms with Crippen LogP contribution in [0.5, 0.6) is 0 Å². The molecule has 19 heavy (non-hydrogen) atoms. The van der Waals surface area contributed by atoms with Crippen LogP contribution >= 0.6 is 0 Å². The van der Waals surface area contributed by atoms with Crippen LogP contribution in [0.1, 0.15) is 51.5 Å². The number of allylic oxidation sites excluding steroid dienone is 1. The third-order valence-corrected chi connectivity index (χ3v) is 4.14. The number of nitrogens with one attached hydrogen (secondary N) is 1. The number of hydrogen-bond donors (Lipinski definition) is 1. The van der Waals surface area contributed by atoms with Gasteiger partial charge in [0.1, 0.15) is 0 Å². The van der Waals surface area contributed by atoms with Crippen molar-refractivity contribution >= 4 is 0 Å². The highest BCUT2D eigenvalue weighted by molar-refractivity contribution is 5.25. The van der Waals surface area contributed by atoms with E-state index in [4.69, 9.17) is 0 Å². The van der Waals surface area contributed by atoms with Crippen LogP contribution in [0.2, 0.25) is 0 Å². The molecule has 1 atom stereocenters. The van der Waals surface area contributed by atoms with E-state index in [1.54, 1.807) is 0 Å². The van der Waals surface area contributed by atoms with E-state index in [-0.39, 0.29) is 5.41 Å². The summed E-state index contributed by atoms with van der Waals surface area (Å²) >= 11 is 0. The first-order chi connectivity index (χ1) is 9.12. The first kappa shape index (κ1) is 16.0. The van der Waals surface area contributed by atoms with Crippen molar-refractivity contribution in [3.63, 3.8) is 0 Å². The van der Waals surface area contributed by atoms with Gasteiger partial charge in [0.05, 0.1) is 0 Å². The molecule has 1 unspecified atom stereocenters. The highest BCUT2D eigenvalue weighted by Gasteiger charge is 2.29. The second kappa shape index (κ2) is 8.16.